The molecule has 0 unspecified atom stereocenters. The molecule has 2 aromatic carbocycles. The van der Waals surface area contributed by atoms with E-state index < -0.39 is 6.61 Å². The van der Waals surface area contributed by atoms with Crippen molar-refractivity contribution in [3.05, 3.63) is 46.4 Å². The highest BCUT2D eigenvalue weighted by molar-refractivity contribution is 9.10. The number of hydrogen-bond acceptors (Lipinski definition) is 3. The van der Waals surface area contributed by atoms with E-state index in [0.29, 0.717) is 11.1 Å². The monoisotopic (exact) mass is 304 g/mol. The predicted octanol–water partition coefficient (Wildman–Crippen LogP) is 3.52. The summed E-state index contributed by atoms with van der Waals surface area (Å²) in [7, 11) is 0. The highest BCUT2D eigenvalue weighted by Gasteiger charge is 2.10. The van der Waals surface area contributed by atoms with Crippen LogP contribution in [0.3, 0.4) is 0 Å². The van der Waals surface area contributed by atoms with Crippen molar-refractivity contribution in [3.8, 4) is 0 Å². The van der Waals surface area contributed by atoms with E-state index in [1.54, 1.807) is 12.1 Å². The summed E-state index contributed by atoms with van der Waals surface area (Å²) >= 11 is 3.39. The van der Waals surface area contributed by atoms with E-state index in [2.05, 4.69) is 15.9 Å². The Labute approximate surface area is 111 Å². The zero-order chi connectivity index (χ0) is 12.7. The first-order chi connectivity index (χ1) is 8.69. The fourth-order valence-electron chi connectivity index (χ4n) is 2.02. The molecule has 3 rings (SSSR count). The van der Waals surface area contributed by atoms with Crippen LogP contribution in [0.15, 0.2) is 45.3 Å². The van der Waals surface area contributed by atoms with Crippen molar-refractivity contribution in [2.45, 2.75) is 0 Å². The van der Waals surface area contributed by atoms with Crippen molar-refractivity contribution in [2.75, 3.05) is 6.61 Å². The van der Waals surface area contributed by atoms with Gasteiger partial charge in [0.05, 0.1) is 0 Å². The van der Waals surface area contributed by atoms with Crippen LogP contribution in [0.1, 0.15) is 10.4 Å². The van der Waals surface area contributed by atoms with Gasteiger partial charge in [0.2, 0.25) is 0 Å². The van der Waals surface area contributed by atoms with Crippen LogP contribution in [0.25, 0.3) is 21.9 Å². The lowest BCUT2D eigenvalue weighted by molar-refractivity contribution is 0.0904. The van der Waals surface area contributed by atoms with E-state index in [1.165, 1.54) is 0 Å². The van der Waals surface area contributed by atoms with Crippen LogP contribution in [0, 0.1) is 0 Å². The summed E-state index contributed by atoms with van der Waals surface area (Å²) in [5.41, 5.74) is 1.89. The van der Waals surface area contributed by atoms with Crippen molar-refractivity contribution >= 4 is 43.7 Å². The summed E-state index contributed by atoms with van der Waals surface area (Å²) in [6, 6.07) is 11.0. The Morgan fingerprint density at radius 3 is 2.50 bits per heavy atom. The molecule has 0 saturated heterocycles. The molecule has 0 spiro atoms. The van der Waals surface area contributed by atoms with Crippen molar-refractivity contribution < 1.29 is 14.3 Å². The minimum atomic E-state index is -0.489. The van der Waals surface area contributed by atoms with Gasteiger partial charge in [-0.15, -0.1) is 0 Å². The number of aliphatic hydroxyl groups excluding tert-OH is 1. The number of halogens is 1. The van der Waals surface area contributed by atoms with Gasteiger partial charge in [-0.05, 0) is 30.3 Å². The highest BCUT2D eigenvalue weighted by atomic mass is 79.9. The van der Waals surface area contributed by atoms with Gasteiger partial charge >= 0.3 is 0 Å². The van der Waals surface area contributed by atoms with Crippen molar-refractivity contribution in [2.24, 2.45) is 0 Å². The Balaban J connectivity index is 2.29. The summed E-state index contributed by atoms with van der Waals surface area (Å²) < 4.78 is 6.65. The Morgan fingerprint density at radius 1 is 1.11 bits per heavy atom. The van der Waals surface area contributed by atoms with E-state index >= 15 is 0 Å². The molecule has 0 saturated carbocycles. The van der Waals surface area contributed by atoms with Crippen molar-refractivity contribution in [1.82, 2.24) is 0 Å². The maximum atomic E-state index is 11.4. The lowest BCUT2D eigenvalue weighted by atomic mass is 10.1. The number of benzene rings is 2. The number of furan rings is 1. The standard InChI is InChI=1S/C14H9BrO3/c15-9-2-4-11-10-3-1-8(12(17)7-16)5-13(10)18-14(11)6-9/h1-6,16H,7H2. The molecule has 0 aliphatic carbocycles. The van der Waals surface area contributed by atoms with Gasteiger partial charge in [-0.1, -0.05) is 22.0 Å². The second-order valence-corrected chi connectivity index (χ2v) is 4.95. The average molecular weight is 305 g/mol. The Kier molecular flexibility index (Phi) is 2.69. The van der Waals surface area contributed by atoms with Gasteiger partial charge in [-0.25, -0.2) is 0 Å². The SMILES string of the molecule is O=C(CO)c1ccc2c(c1)oc1cc(Br)ccc12. The lowest BCUT2D eigenvalue weighted by Crippen LogP contribution is -2.03. The van der Waals surface area contributed by atoms with Crippen molar-refractivity contribution in [1.29, 1.82) is 0 Å². The Bertz CT molecular complexity index is 758. The summed E-state index contributed by atoms with van der Waals surface area (Å²) in [6.45, 7) is -0.489. The molecule has 90 valence electrons. The van der Waals surface area contributed by atoms with Gasteiger partial charge in [0.25, 0.3) is 0 Å². The van der Waals surface area contributed by atoms with Gasteiger partial charge in [0, 0.05) is 20.8 Å². The van der Waals surface area contributed by atoms with E-state index in [9.17, 15) is 4.79 Å². The van der Waals surface area contributed by atoms with Gasteiger partial charge in [0.1, 0.15) is 17.8 Å². The van der Waals surface area contributed by atoms with Gasteiger partial charge < -0.3 is 9.52 Å². The molecular formula is C14H9BrO3. The first-order valence-electron chi connectivity index (χ1n) is 5.45. The largest absolute Gasteiger partial charge is 0.456 e. The van der Waals surface area contributed by atoms with E-state index in [4.69, 9.17) is 9.52 Å². The van der Waals surface area contributed by atoms with Crippen LogP contribution in [0.4, 0.5) is 0 Å². The number of rotatable bonds is 2. The van der Waals surface area contributed by atoms with Crippen LogP contribution >= 0.6 is 15.9 Å². The molecule has 0 radical (unpaired) electrons. The molecule has 3 aromatic rings. The van der Waals surface area contributed by atoms with Crippen LogP contribution in [0.5, 0.6) is 0 Å². The smallest absolute Gasteiger partial charge is 0.188 e. The summed E-state index contributed by atoms with van der Waals surface area (Å²) in [6.07, 6.45) is 0. The number of Topliss-reactive ketones (excluding diaryl/α,β-unsaturated/α-hetero) is 1. The Morgan fingerprint density at radius 2 is 1.78 bits per heavy atom. The first kappa shape index (κ1) is 11.4. The summed E-state index contributed by atoms with van der Waals surface area (Å²) in [5.74, 6) is -0.307. The van der Waals surface area contributed by atoms with Crippen LogP contribution in [-0.2, 0) is 0 Å². The molecule has 4 heteroatoms. The van der Waals surface area contributed by atoms with E-state index in [-0.39, 0.29) is 5.78 Å². The summed E-state index contributed by atoms with van der Waals surface area (Å²) in [5, 5.41) is 10.8. The van der Waals surface area contributed by atoms with Gasteiger partial charge in [-0.2, -0.15) is 0 Å². The van der Waals surface area contributed by atoms with Gasteiger partial charge in [0.15, 0.2) is 5.78 Å². The number of carbonyl (C=O) groups excluding carboxylic acids is 1. The van der Waals surface area contributed by atoms with E-state index in [0.717, 1.165) is 20.8 Å². The second-order valence-electron chi connectivity index (χ2n) is 4.03. The summed E-state index contributed by atoms with van der Waals surface area (Å²) in [4.78, 5) is 11.4. The third-order valence-electron chi connectivity index (χ3n) is 2.90. The third-order valence-corrected chi connectivity index (χ3v) is 3.39. The fourth-order valence-corrected chi connectivity index (χ4v) is 2.36. The number of aliphatic hydroxyl groups is 1. The number of fused-ring (bicyclic) bond motifs is 3. The van der Waals surface area contributed by atoms with Crippen LogP contribution < -0.4 is 0 Å². The molecule has 18 heavy (non-hydrogen) atoms. The Hall–Kier alpha value is -1.65. The number of carbonyl (C=O) groups is 1. The third kappa shape index (κ3) is 1.74. The topological polar surface area (TPSA) is 50.4 Å². The van der Waals surface area contributed by atoms with Crippen LogP contribution in [0.2, 0.25) is 0 Å². The lowest BCUT2D eigenvalue weighted by Gasteiger charge is -1.96. The quantitative estimate of drug-likeness (QED) is 0.737. The van der Waals surface area contributed by atoms with E-state index in [1.807, 2.05) is 24.3 Å². The minimum absolute atomic E-state index is 0.307. The molecule has 0 aliphatic rings. The molecule has 3 nitrogen and oxygen atoms in total. The number of ketones is 1. The fraction of sp³-hybridized carbons (Fsp3) is 0.0714. The number of hydrogen-bond donors (Lipinski definition) is 1. The predicted molar refractivity (Wildman–Crippen MR) is 72.8 cm³/mol. The maximum absolute atomic E-state index is 11.4. The normalized spacial score (nSPS) is 11.2. The molecule has 1 aromatic heterocycles. The average Bonchev–Trinajstić information content (AvgIpc) is 2.73. The van der Waals surface area contributed by atoms with Crippen molar-refractivity contribution in [3.63, 3.8) is 0 Å². The highest BCUT2D eigenvalue weighted by Crippen LogP contribution is 2.31. The van der Waals surface area contributed by atoms with Gasteiger partial charge in [-0.3, -0.25) is 4.79 Å². The zero-order valence-corrected chi connectivity index (χ0v) is 10.9. The second kappa shape index (κ2) is 4.23. The molecule has 0 amide bonds. The molecule has 1 N–H and O–H groups in total. The first-order valence-corrected chi connectivity index (χ1v) is 6.24. The molecule has 0 bridgehead atoms. The molecule has 0 atom stereocenters. The zero-order valence-electron chi connectivity index (χ0n) is 9.31. The van der Waals surface area contributed by atoms with Crippen LogP contribution in [-0.4, -0.2) is 17.5 Å². The minimum Gasteiger partial charge on any atom is -0.456 e. The molecule has 0 fully saturated rings. The molecule has 0 aliphatic heterocycles. The molecular weight excluding hydrogens is 296 g/mol. The maximum Gasteiger partial charge on any atom is 0.188 e. The molecule has 1 heterocycles.